The highest BCUT2D eigenvalue weighted by molar-refractivity contribution is 7.09. The van der Waals surface area contributed by atoms with Crippen molar-refractivity contribution in [2.75, 3.05) is 13.1 Å². The second-order valence-corrected chi connectivity index (χ2v) is 8.22. The fourth-order valence-electron chi connectivity index (χ4n) is 3.52. The van der Waals surface area contributed by atoms with Gasteiger partial charge in [-0.15, -0.1) is 11.3 Å². The highest BCUT2D eigenvalue weighted by Crippen LogP contribution is 2.30. The zero-order valence-corrected chi connectivity index (χ0v) is 16.8. The molecule has 0 aliphatic carbocycles. The van der Waals surface area contributed by atoms with Gasteiger partial charge >= 0.3 is 6.03 Å². The molecule has 1 atom stereocenters. The summed E-state index contributed by atoms with van der Waals surface area (Å²) in [6, 6.07) is 16.9. The Labute approximate surface area is 172 Å². The Morgan fingerprint density at radius 1 is 1.10 bits per heavy atom. The Balaban J connectivity index is 1.45. The van der Waals surface area contributed by atoms with Crippen LogP contribution in [-0.2, 0) is 21.5 Å². The summed E-state index contributed by atoms with van der Waals surface area (Å²) >= 11 is 1.63. The highest BCUT2D eigenvalue weighted by Gasteiger charge is 2.49. The Hall–Kier alpha value is -3.19. The van der Waals surface area contributed by atoms with E-state index >= 15 is 0 Å². The number of nitrogens with zero attached hydrogens (tertiary/aromatic N) is 1. The molecular formula is C22H21N3O3S. The van der Waals surface area contributed by atoms with Crippen LogP contribution < -0.4 is 10.6 Å². The molecule has 6 nitrogen and oxygen atoms in total. The summed E-state index contributed by atoms with van der Waals surface area (Å²) < 4.78 is 0. The standard InChI is InChI=1S/C22H21N3O3S/c1-22(17-9-8-15-5-2-3-6-16(15)13-17)20(27)25(21(28)24-22)14-19(26)23-11-10-18-7-4-12-29-18/h2-9,12-13H,10-11,14H2,1H3,(H,23,26)(H,24,28). The minimum atomic E-state index is -1.20. The first kappa shape index (κ1) is 19.1. The van der Waals surface area contributed by atoms with Crippen LogP contribution in [-0.4, -0.2) is 35.8 Å². The quantitative estimate of drug-likeness (QED) is 0.617. The van der Waals surface area contributed by atoms with Gasteiger partial charge in [-0.25, -0.2) is 4.79 Å². The normalized spacial score (nSPS) is 18.9. The third-order valence-corrected chi connectivity index (χ3v) is 6.11. The van der Waals surface area contributed by atoms with E-state index in [1.165, 1.54) is 4.88 Å². The number of urea groups is 1. The maximum atomic E-state index is 13.0. The van der Waals surface area contributed by atoms with Gasteiger partial charge in [0.15, 0.2) is 0 Å². The van der Waals surface area contributed by atoms with E-state index in [9.17, 15) is 14.4 Å². The number of imide groups is 1. The summed E-state index contributed by atoms with van der Waals surface area (Å²) in [7, 11) is 0. The predicted molar refractivity (Wildman–Crippen MR) is 113 cm³/mol. The third kappa shape index (κ3) is 3.73. The molecule has 1 saturated heterocycles. The van der Waals surface area contributed by atoms with E-state index in [2.05, 4.69) is 10.6 Å². The summed E-state index contributed by atoms with van der Waals surface area (Å²) in [5.74, 6) is -0.779. The maximum Gasteiger partial charge on any atom is 0.325 e. The molecule has 0 spiro atoms. The minimum Gasteiger partial charge on any atom is -0.354 e. The lowest BCUT2D eigenvalue weighted by Gasteiger charge is -2.22. The molecule has 2 heterocycles. The second-order valence-electron chi connectivity index (χ2n) is 7.19. The van der Waals surface area contributed by atoms with Gasteiger partial charge in [-0.1, -0.05) is 42.5 Å². The van der Waals surface area contributed by atoms with Crippen molar-refractivity contribution in [2.45, 2.75) is 18.9 Å². The first-order valence-corrected chi connectivity index (χ1v) is 10.3. The molecular weight excluding hydrogens is 386 g/mol. The molecule has 1 aliphatic heterocycles. The molecule has 29 heavy (non-hydrogen) atoms. The fraction of sp³-hybridized carbons (Fsp3) is 0.227. The Morgan fingerprint density at radius 2 is 1.90 bits per heavy atom. The summed E-state index contributed by atoms with van der Waals surface area (Å²) in [4.78, 5) is 39.9. The van der Waals surface area contributed by atoms with Crippen LogP contribution in [0.1, 0.15) is 17.4 Å². The van der Waals surface area contributed by atoms with Crippen molar-refractivity contribution in [3.05, 3.63) is 70.4 Å². The first-order chi connectivity index (χ1) is 14.0. The molecule has 1 aromatic heterocycles. The van der Waals surface area contributed by atoms with E-state index in [-0.39, 0.29) is 12.5 Å². The van der Waals surface area contributed by atoms with Gasteiger partial charge in [0.25, 0.3) is 5.91 Å². The summed E-state index contributed by atoms with van der Waals surface area (Å²) in [5, 5.41) is 9.55. The number of hydrogen-bond donors (Lipinski definition) is 2. The predicted octanol–water partition coefficient (Wildman–Crippen LogP) is 3.03. The molecule has 0 bridgehead atoms. The van der Waals surface area contributed by atoms with Crippen molar-refractivity contribution < 1.29 is 14.4 Å². The second kappa shape index (κ2) is 7.67. The van der Waals surface area contributed by atoms with E-state index in [1.807, 2.05) is 60.0 Å². The SMILES string of the molecule is CC1(c2ccc3ccccc3c2)NC(=O)N(CC(=O)NCCc2cccs2)C1=O. The number of thiophene rings is 1. The molecule has 7 heteroatoms. The van der Waals surface area contributed by atoms with Crippen LogP contribution in [0.2, 0.25) is 0 Å². The van der Waals surface area contributed by atoms with Crippen LogP contribution in [0.25, 0.3) is 10.8 Å². The van der Waals surface area contributed by atoms with Crippen LogP contribution in [0, 0.1) is 0 Å². The Kier molecular flexibility index (Phi) is 5.07. The topological polar surface area (TPSA) is 78.5 Å². The van der Waals surface area contributed by atoms with Gasteiger partial charge in [-0.3, -0.25) is 14.5 Å². The molecule has 148 valence electrons. The van der Waals surface area contributed by atoms with Crippen LogP contribution >= 0.6 is 11.3 Å². The van der Waals surface area contributed by atoms with Crippen molar-refractivity contribution in [1.82, 2.24) is 15.5 Å². The molecule has 0 saturated carbocycles. The van der Waals surface area contributed by atoms with Gasteiger partial charge in [-0.05, 0) is 47.2 Å². The minimum absolute atomic E-state index is 0.293. The van der Waals surface area contributed by atoms with E-state index in [0.29, 0.717) is 12.1 Å². The van der Waals surface area contributed by atoms with Crippen molar-refractivity contribution in [1.29, 1.82) is 0 Å². The van der Waals surface area contributed by atoms with E-state index in [4.69, 9.17) is 0 Å². The van der Waals surface area contributed by atoms with Gasteiger partial charge in [0.1, 0.15) is 12.1 Å². The van der Waals surface area contributed by atoms with Crippen molar-refractivity contribution in [3.63, 3.8) is 0 Å². The highest BCUT2D eigenvalue weighted by atomic mass is 32.1. The van der Waals surface area contributed by atoms with Crippen LogP contribution in [0.4, 0.5) is 4.79 Å². The summed E-state index contributed by atoms with van der Waals surface area (Å²) in [6.45, 7) is 1.84. The van der Waals surface area contributed by atoms with Crippen molar-refractivity contribution in [2.24, 2.45) is 0 Å². The zero-order valence-electron chi connectivity index (χ0n) is 16.0. The van der Waals surface area contributed by atoms with Crippen molar-refractivity contribution >= 4 is 40.0 Å². The van der Waals surface area contributed by atoms with E-state index < -0.39 is 17.5 Å². The van der Waals surface area contributed by atoms with Crippen LogP contribution in [0.5, 0.6) is 0 Å². The Bertz CT molecular complexity index is 1080. The first-order valence-electron chi connectivity index (χ1n) is 9.40. The number of carbonyl (C=O) groups is 3. The molecule has 3 aromatic rings. The number of benzene rings is 2. The molecule has 1 fully saturated rings. The maximum absolute atomic E-state index is 13.0. The lowest BCUT2D eigenvalue weighted by molar-refractivity contribution is -0.134. The molecule has 1 unspecified atom stereocenters. The third-order valence-electron chi connectivity index (χ3n) is 5.18. The van der Waals surface area contributed by atoms with Gasteiger partial charge in [-0.2, -0.15) is 0 Å². The molecule has 4 amide bonds. The lowest BCUT2D eigenvalue weighted by Crippen LogP contribution is -2.43. The van der Waals surface area contributed by atoms with Gasteiger partial charge in [0, 0.05) is 11.4 Å². The number of fused-ring (bicyclic) bond motifs is 1. The summed E-state index contributed by atoms with van der Waals surface area (Å²) in [5.41, 5.74) is -0.506. The molecule has 0 radical (unpaired) electrons. The van der Waals surface area contributed by atoms with Crippen LogP contribution in [0.3, 0.4) is 0 Å². The average Bonchev–Trinajstić information content (AvgIpc) is 3.31. The lowest BCUT2D eigenvalue weighted by atomic mass is 9.90. The number of carbonyl (C=O) groups excluding carboxylic acids is 3. The average molecular weight is 407 g/mol. The van der Waals surface area contributed by atoms with Gasteiger partial charge in [0.05, 0.1) is 0 Å². The molecule has 2 aromatic carbocycles. The zero-order chi connectivity index (χ0) is 20.4. The van der Waals surface area contributed by atoms with E-state index in [0.717, 1.165) is 22.1 Å². The Morgan fingerprint density at radius 3 is 2.66 bits per heavy atom. The van der Waals surface area contributed by atoms with Gasteiger partial charge in [0.2, 0.25) is 5.91 Å². The molecule has 4 rings (SSSR count). The number of rotatable bonds is 6. The number of nitrogens with one attached hydrogen (secondary N) is 2. The van der Waals surface area contributed by atoms with Crippen LogP contribution in [0.15, 0.2) is 60.0 Å². The largest absolute Gasteiger partial charge is 0.354 e. The van der Waals surface area contributed by atoms with Crippen molar-refractivity contribution in [3.8, 4) is 0 Å². The van der Waals surface area contributed by atoms with E-state index in [1.54, 1.807) is 18.3 Å². The smallest absolute Gasteiger partial charge is 0.325 e. The number of amides is 4. The summed E-state index contributed by atoms with van der Waals surface area (Å²) in [6.07, 6.45) is 0.721. The fourth-order valence-corrected chi connectivity index (χ4v) is 4.22. The molecule has 1 aliphatic rings. The number of hydrogen-bond acceptors (Lipinski definition) is 4. The molecule has 2 N–H and O–H groups in total. The van der Waals surface area contributed by atoms with Gasteiger partial charge < -0.3 is 10.6 Å². The monoisotopic (exact) mass is 407 g/mol.